The summed E-state index contributed by atoms with van der Waals surface area (Å²) in [6.45, 7) is 7.23. The van der Waals surface area contributed by atoms with Gasteiger partial charge in [-0.3, -0.25) is 9.88 Å². The van der Waals surface area contributed by atoms with Crippen LogP contribution in [0, 0.1) is 0 Å². The summed E-state index contributed by atoms with van der Waals surface area (Å²) in [7, 11) is 1.89. The number of anilines is 1. The van der Waals surface area contributed by atoms with Crippen LogP contribution in [0.1, 0.15) is 55.4 Å². The molecule has 0 aliphatic carbocycles. The van der Waals surface area contributed by atoms with Gasteiger partial charge in [0.25, 0.3) is 0 Å². The summed E-state index contributed by atoms with van der Waals surface area (Å²) >= 11 is 0. The largest absolute Gasteiger partial charge is 0.418 e. The molecule has 4 heterocycles. The number of piperidine rings is 1. The van der Waals surface area contributed by atoms with Crippen LogP contribution in [0.2, 0.25) is 0 Å². The van der Waals surface area contributed by atoms with Crippen LogP contribution in [0.25, 0.3) is 11.0 Å². The number of fused-ring (bicyclic) bond motifs is 1. The summed E-state index contributed by atoms with van der Waals surface area (Å²) in [4.78, 5) is 19.5. The van der Waals surface area contributed by atoms with E-state index in [1.165, 1.54) is 12.3 Å². The zero-order valence-electron chi connectivity index (χ0n) is 19.6. The molecular weight excluding hydrogens is 441 g/mol. The Morgan fingerprint density at radius 3 is 2.53 bits per heavy atom. The van der Waals surface area contributed by atoms with E-state index in [0.29, 0.717) is 6.42 Å². The van der Waals surface area contributed by atoms with E-state index in [9.17, 15) is 13.2 Å². The summed E-state index contributed by atoms with van der Waals surface area (Å²) in [6, 6.07) is 8.16. The van der Waals surface area contributed by atoms with Gasteiger partial charge in [-0.25, -0.2) is 4.98 Å². The van der Waals surface area contributed by atoms with Crippen LogP contribution in [-0.4, -0.2) is 64.5 Å². The molecule has 1 aromatic carbocycles. The smallest absolute Gasteiger partial charge is 0.367 e. The minimum absolute atomic E-state index is 0.0981. The van der Waals surface area contributed by atoms with Crippen molar-refractivity contribution in [3.63, 3.8) is 0 Å². The Kier molecular flexibility index (Phi) is 6.24. The topological polar surface area (TPSA) is 51.3 Å². The van der Waals surface area contributed by atoms with Gasteiger partial charge in [0.1, 0.15) is 11.3 Å². The Labute approximate surface area is 197 Å². The van der Waals surface area contributed by atoms with Gasteiger partial charge in [0.15, 0.2) is 0 Å². The molecule has 9 heteroatoms. The fourth-order valence-electron chi connectivity index (χ4n) is 5.47. The Hall–Kier alpha value is -2.65. The highest BCUT2D eigenvalue weighted by molar-refractivity contribution is 5.89. The minimum Gasteiger partial charge on any atom is -0.367 e. The number of aromatic amines is 1. The van der Waals surface area contributed by atoms with E-state index in [0.717, 1.165) is 74.2 Å². The number of nitrogens with zero attached hydrogens (tertiary/aromatic N) is 5. The number of likely N-dealkylation sites (N-methyl/N-ethyl adjacent to an activating group) is 1. The van der Waals surface area contributed by atoms with Gasteiger partial charge in [-0.1, -0.05) is 13.0 Å². The number of alkyl halides is 3. The van der Waals surface area contributed by atoms with Crippen molar-refractivity contribution in [3.05, 3.63) is 53.6 Å². The Bertz CT molecular complexity index is 1140. The maximum atomic E-state index is 13.7. The zero-order chi connectivity index (χ0) is 23.9. The highest BCUT2D eigenvalue weighted by atomic mass is 19.4. The maximum Gasteiger partial charge on any atom is 0.418 e. The lowest BCUT2D eigenvalue weighted by Gasteiger charge is -2.39. The summed E-state index contributed by atoms with van der Waals surface area (Å²) < 4.78 is 41.0. The number of hydrogen-bond acceptors (Lipinski definition) is 5. The predicted octanol–water partition coefficient (Wildman–Crippen LogP) is 5.02. The van der Waals surface area contributed by atoms with Gasteiger partial charge in [-0.2, -0.15) is 13.2 Å². The third kappa shape index (κ3) is 4.27. The van der Waals surface area contributed by atoms with Crippen LogP contribution in [0.15, 0.2) is 36.5 Å². The molecule has 2 aromatic heterocycles. The van der Waals surface area contributed by atoms with Crippen molar-refractivity contribution < 1.29 is 13.2 Å². The number of imidazole rings is 1. The average molecular weight is 473 g/mol. The van der Waals surface area contributed by atoms with Crippen LogP contribution in [0.5, 0.6) is 0 Å². The number of piperazine rings is 1. The van der Waals surface area contributed by atoms with Crippen molar-refractivity contribution in [3.8, 4) is 0 Å². The molecule has 2 aliphatic rings. The number of para-hydroxylation sites is 1. The summed E-state index contributed by atoms with van der Waals surface area (Å²) in [6.07, 6.45) is -0.677. The summed E-state index contributed by atoms with van der Waals surface area (Å²) in [5.74, 6) is 0.811. The van der Waals surface area contributed by atoms with Gasteiger partial charge in [-0.15, -0.1) is 0 Å². The molecule has 1 N–H and O–H groups in total. The Morgan fingerprint density at radius 1 is 1.03 bits per heavy atom. The SMILES string of the molecule is CCN1CCN(c2cccc3[nH]c([C@@H]4CCC[C@H](c5ncccc5C(F)(F)F)N4C)nc23)CC1. The van der Waals surface area contributed by atoms with Gasteiger partial charge in [0.2, 0.25) is 0 Å². The molecule has 0 saturated carbocycles. The van der Waals surface area contributed by atoms with E-state index in [2.05, 4.69) is 32.8 Å². The van der Waals surface area contributed by atoms with Crippen LogP contribution < -0.4 is 4.90 Å². The summed E-state index contributed by atoms with van der Waals surface area (Å²) in [5, 5.41) is 0. The molecule has 182 valence electrons. The van der Waals surface area contributed by atoms with Crippen LogP contribution in [-0.2, 0) is 6.18 Å². The van der Waals surface area contributed by atoms with Gasteiger partial charge < -0.3 is 14.8 Å². The molecule has 0 bridgehead atoms. The lowest BCUT2D eigenvalue weighted by Crippen LogP contribution is -2.46. The van der Waals surface area contributed by atoms with E-state index in [-0.39, 0.29) is 11.7 Å². The fourth-order valence-corrected chi connectivity index (χ4v) is 5.47. The first-order valence-electron chi connectivity index (χ1n) is 12.1. The number of pyridine rings is 1. The number of benzene rings is 1. The molecule has 2 atom stereocenters. The number of likely N-dealkylation sites (tertiary alicyclic amines) is 1. The number of rotatable bonds is 4. The van der Waals surface area contributed by atoms with E-state index in [1.54, 1.807) is 0 Å². The molecule has 0 radical (unpaired) electrons. The second-order valence-electron chi connectivity index (χ2n) is 9.28. The monoisotopic (exact) mass is 472 g/mol. The van der Waals surface area contributed by atoms with Gasteiger partial charge in [0.05, 0.1) is 34.5 Å². The van der Waals surface area contributed by atoms with E-state index in [1.807, 2.05) is 24.1 Å². The Morgan fingerprint density at radius 2 is 1.79 bits per heavy atom. The fraction of sp³-hybridized carbons (Fsp3) is 0.520. The van der Waals surface area contributed by atoms with Gasteiger partial charge in [-0.05, 0) is 57.1 Å². The molecule has 6 nitrogen and oxygen atoms in total. The maximum absolute atomic E-state index is 13.7. The molecule has 2 fully saturated rings. The number of H-pyrrole nitrogens is 1. The molecule has 2 saturated heterocycles. The second-order valence-corrected chi connectivity index (χ2v) is 9.28. The number of aromatic nitrogens is 3. The van der Waals surface area contributed by atoms with Crippen molar-refractivity contribution in [2.24, 2.45) is 0 Å². The predicted molar refractivity (Wildman–Crippen MR) is 127 cm³/mol. The molecule has 3 aromatic rings. The molecule has 0 spiro atoms. The van der Waals surface area contributed by atoms with E-state index in [4.69, 9.17) is 4.98 Å². The molecular formula is C25H31F3N6. The lowest BCUT2D eigenvalue weighted by atomic mass is 9.91. The highest BCUT2D eigenvalue weighted by Crippen LogP contribution is 2.43. The highest BCUT2D eigenvalue weighted by Gasteiger charge is 2.40. The van der Waals surface area contributed by atoms with Crippen LogP contribution >= 0.6 is 0 Å². The first-order valence-corrected chi connectivity index (χ1v) is 12.1. The first kappa shape index (κ1) is 23.1. The summed E-state index contributed by atoms with van der Waals surface area (Å²) in [5.41, 5.74) is 2.48. The van der Waals surface area contributed by atoms with E-state index < -0.39 is 17.8 Å². The van der Waals surface area contributed by atoms with Crippen molar-refractivity contribution >= 4 is 16.7 Å². The molecule has 0 unspecified atom stereocenters. The molecule has 0 amide bonds. The van der Waals surface area contributed by atoms with Crippen molar-refractivity contribution in [1.29, 1.82) is 0 Å². The normalized spacial score (nSPS) is 23.0. The molecule has 2 aliphatic heterocycles. The average Bonchev–Trinajstić information content (AvgIpc) is 3.28. The first-order chi connectivity index (χ1) is 16.4. The lowest BCUT2D eigenvalue weighted by molar-refractivity contribution is -0.139. The van der Waals surface area contributed by atoms with Gasteiger partial charge >= 0.3 is 6.18 Å². The number of hydrogen-bond donors (Lipinski definition) is 1. The quantitative estimate of drug-likeness (QED) is 0.578. The number of halogens is 3. The minimum atomic E-state index is -4.42. The van der Waals surface area contributed by atoms with Crippen molar-refractivity contribution in [1.82, 2.24) is 24.8 Å². The standard InChI is InChI=1S/C25H31F3N6/c1-3-33-13-15-34(16-14-33)20-10-4-8-18-23(20)31-24(30-18)21-11-5-9-19(32(21)2)22-17(25(26,27)28)7-6-12-29-22/h4,6-8,10,12,19,21H,3,5,9,11,13-16H2,1-2H3,(H,30,31)/t19-,21+/m1/s1. The Balaban J connectivity index is 1.44. The zero-order valence-corrected chi connectivity index (χ0v) is 19.6. The molecule has 5 rings (SSSR count). The number of nitrogens with one attached hydrogen (secondary N) is 1. The van der Waals surface area contributed by atoms with Crippen molar-refractivity contribution in [2.75, 3.05) is 44.7 Å². The van der Waals surface area contributed by atoms with E-state index >= 15 is 0 Å². The van der Waals surface area contributed by atoms with Gasteiger partial charge in [0, 0.05) is 32.4 Å². The third-order valence-corrected chi connectivity index (χ3v) is 7.38. The van der Waals surface area contributed by atoms with Crippen LogP contribution in [0.3, 0.4) is 0 Å². The second kappa shape index (κ2) is 9.19. The van der Waals surface area contributed by atoms with Crippen LogP contribution in [0.4, 0.5) is 18.9 Å². The third-order valence-electron chi connectivity index (χ3n) is 7.38. The van der Waals surface area contributed by atoms with Crippen molar-refractivity contribution in [2.45, 2.75) is 44.4 Å². The molecule has 34 heavy (non-hydrogen) atoms.